The van der Waals surface area contributed by atoms with E-state index in [0.29, 0.717) is 23.4 Å². The zero-order valence-corrected chi connectivity index (χ0v) is 15.7. The van der Waals surface area contributed by atoms with Gasteiger partial charge in [-0.2, -0.15) is 5.26 Å². The van der Waals surface area contributed by atoms with Crippen LogP contribution in [0.25, 0.3) is 0 Å². The Morgan fingerprint density at radius 2 is 1.78 bits per heavy atom. The molecule has 0 aliphatic carbocycles. The van der Waals surface area contributed by atoms with E-state index in [2.05, 4.69) is 16.7 Å². The molecule has 0 spiro atoms. The normalized spacial score (nSPS) is 11.4. The highest BCUT2D eigenvalue weighted by Crippen LogP contribution is 2.18. The van der Waals surface area contributed by atoms with Gasteiger partial charge in [-0.25, -0.2) is 0 Å². The first kappa shape index (κ1) is 20.0. The van der Waals surface area contributed by atoms with Crippen LogP contribution in [0.4, 0.5) is 5.69 Å². The summed E-state index contributed by atoms with van der Waals surface area (Å²) in [6.07, 6.45) is 0.317. The molecule has 0 saturated carbocycles. The topological polar surface area (TPSA) is 91.2 Å². The first-order valence-electron chi connectivity index (χ1n) is 8.67. The predicted octanol–water partition coefficient (Wildman–Crippen LogP) is 3.15. The van der Waals surface area contributed by atoms with Crippen LogP contribution < -0.4 is 15.4 Å². The van der Waals surface area contributed by atoms with Gasteiger partial charge in [0.1, 0.15) is 11.8 Å². The summed E-state index contributed by atoms with van der Waals surface area (Å²) in [6, 6.07) is 15.3. The zero-order chi connectivity index (χ0) is 19.8. The van der Waals surface area contributed by atoms with Gasteiger partial charge in [-0.05, 0) is 35.7 Å². The van der Waals surface area contributed by atoms with E-state index < -0.39 is 6.04 Å². The van der Waals surface area contributed by atoms with Gasteiger partial charge in [0.05, 0.1) is 25.2 Å². The number of rotatable bonds is 7. The summed E-state index contributed by atoms with van der Waals surface area (Å²) in [7, 11) is 1.49. The van der Waals surface area contributed by atoms with E-state index in [1.165, 1.54) is 7.11 Å². The van der Waals surface area contributed by atoms with Crippen molar-refractivity contribution in [3.8, 4) is 11.8 Å². The highest BCUT2D eigenvalue weighted by atomic mass is 16.5. The van der Waals surface area contributed by atoms with Crippen LogP contribution in [0.1, 0.15) is 29.8 Å². The Bertz CT molecular complexity index is 838. The molecule has 140 valence electrons. The molecule has 0 aliphatic heterocycles. The first-order chi connectivity index (χ1) is 13.0. The first-order valence-corrected chi connectivity index (χ1v) is 8.67. The summed E-state index contributed by atoms with van der Waals surface area (Å²) in [6.45, 7) is 3.73. The number of ether oxygens (including phenoxy) is 1. The minimum absolute atomic E-state index is 0.110. The molecule has 1 atom stereocenters. The van der Waals surface area contributed by atoms with Crippen molar-refractivity contribution in [3.63, 3.8) is 0 Å². The highest BCUT2D eigenvalue weighted by Gasteiger charge is 2.25. The maximum Gasteiger partial charge on any atom is 0.255 e. The molecule has 0 aromatic heterocycles. The summed E-state index contributed by atoms with van der Waals surface area (Å²) < 4.78 is 5.21. The van der Waals surface area contributed by atoms with Crippen LogP contribution >= 0.6 is 0 Å². The highest BCUT2D eigenvalue weighted by molar-refractivity contribution is 6.02. The second-order valence-corrected chi connectivity index (χ2v) is 6.42. The smallest absolute Gasteiger partial charge is 0.255 e. The van der Waals surface area contributed by atoms with E-state index in [1.54, 1.807) is 48.5 Å². The van der Waals surface area contributed by atoms with E-state index >= 15 is 0 Å². The number of methoxy groups -OCH3 is 1. The third-order valence-corrected chi connectivity index (χ3v) is 4.09. The van der Waals surface area contributed by atoms with Gasteiger partial charge in [-0.15, -0.1) is 0 Å². The number of benzene rings is 2. The summed E-state index contributed by atoms with van der Waals surface area (Å²) in [5.41, 5.74) is 1.86. The maximum absolute atomic E-state index is 12.7. The Morgan fingerprint density at radius 1 is 1.11 bits per heavy atom. The number of anilines is 1. The monoisotopic (exact) mass is 365 g/mol. The van der Waals surface area contributed by atoms with Gasteiger partial charge < -0.3 is 15.4 Å². The Balaban J connectivity index is 2.10. The van der Waals surface area contributed by atoms with Gasteiger partial charge in [-0.3, -0.25) is 9.59 Å². The predicted molar refractivity (Wildman–Crippen MR) is 103 cm³/mol. The fourth-order valence-electron chi connectivity index (χ4n) is 2.60. The van der Waals surface area contributed by atoms with Gasteiger partial charge in [0.2, 0.25) is 5.91 Å². The number of amides is 2. The van der Waals surface area contributed by atoms with Crippen molar-refractivity contribution >= 4 is 17.5 Å². The van der Waals surface area contributed by atoms with Crippen LogP contribution in [-0.2, 0) is 11.2 Å². The van der Waals surface area contributed by atoms with Crippen LogP contribution in [0, 0.1) is 17.2 Å². The summed E-state index contributed by atoms with van der Waals surface area (Å²) >= 11 is 0. The molecule has 6 heteroatoms. The standard InChI is InChI=1S/C21H23N3O3/c1-14(2)19(24-20(25)17-6-4-5-7-18(17)27-3)21(26)23-16-10-8-15(9-11-16)12-13-22/h4-11,14,19H,12H2,1-3H3,(H,23,26)(H,24,25)/t19-/m0/s1. The van der Waals surface area contributed by atoms with Crippen LogP contribution in [0.15, 0.2) is 48.5 Å². The number of nitrogens with one attached hydrogen (secondary N) is 2. The molecule has 6 nitrogen and oxygen atoms in total. The number of hydrogen-bond acceptors (Lipinski definition) is 4. The van der Waals surface area contributed by atoms with E-state index in [4.69, 9.17) is 10.00 Å². The Labute approximate surface area is 159 Å². The second-order valence-electron chi connectivity index (χ2n) is 6.42. The Hall–Kier alpha value is -3.33. The molecule has 2 amide bonds. The molecule has 0 radical (unpaired) electrons. The molecule has 27 heavy (non-hydrogen) atoms. The second kappa shape index (κ2) is 9.39. The minimum atomic E-state index is -0.707. The van der Waals surface area contributed by atoms with Crippen molar-refractivity contribution in [2.75, 3.05) is 12.4 Å². The van der Waals surface area contributed by atoms with Gasteiger partial charge in [0.15, 0.2) is 0 Å². The Kier molecular flexibility index (Phi) is 6.95. The van der Waals surface area contributed by atoms with Crippen LogP contribution in [0.5, 0.6) is 5.75 Å². The molecule has 2 aromatic rings. The maximum atomic E-state index is 12.7. The number of para-hydroxylation sites is 1. The lowest BCUT2D eigenvalue weighted by Crippen LogP contribution is -2.47. The van der Waals surface area contributed by atoms with Gasteiger partial charge in [0, 0.05) is 5.69 Å². The largest absolute Gasteiger partial charge is 0.496 e. The van der Waals surface area contributed by atoms with Crippen LogP contribution in [0.2, 0.25) is 0 Å². The zero-order valence-electron chi connectivity index (χ0n) is 15.7. The van der Waals surface area contributed by atoms with Crippen molar-refractivity contribution in [1.82, 2.24) is 5.32 Å². The molecular formula is C21H23N3O3. The molecule has 0 bridgehead atoms. The van der Waals surface area contributed by atoms with E-state index in [0.717, 1.165) is 5.56 Å². The molecule has 2 N–H and O–H groups in total. The number of carbonyl (C=O) groups is 2. The van der Waals surface area contributed by atoms with E-state index in [9.17, 15) is 9.59 Å². The van der Waals surface area contributed by atoms with Crippen molar-refractivity contribution in [2.45, 2.75) is 26.3 Å². The lowest BCUT2D eigenvalue weighted by Gasteiger charge is -2.22. The molecule has 0 fully saturated rings. The van der Waals surface area contributed by atoms with Crippen molar-refractivity contribution < 1.29 is 14.3 Å². The molecule has 0 aliphatic rings. The van der Waals surface area contributed by atoms with Gasteiger partial charge >= 0.3 is 0 Å². The van der Waals surface area contributed by atoms with Crippen molar-refractivity contribution in [3.05, 3.63) is 59.7 Å². The van der Waals surface area contributed by atoms with Gasteiger partial charge in [0.25, 0.3) is 5.91 Å². The molecular weight excluding hydrogens is 342 g/mol. The fourth-order valence-corrected chi connectivity index (χ4v) is 2.60. The average Bonchev–Trinajstić information content (AvgIpc) is 2.67. The molecule has 0 heterocycles. The molecule has 0 saturated heterocycles. The summed E-state index contributed by atoms with van der Waals surface area (Å²) in [5, 5.41) is 14.3. The summed E-state index contributed by atoms with van der Waals surface area (Å²) in [5.74, 6) is -0.334. The van der Waals surface area contributed by atoms with Crippen LogP contribution in [-0.4, -0.2) is 25.0 Å². The van der Waals surface area contributed by atoms with E-state index in [-0.39, 0.29) is 17.7 Å². The number of hydrogen-bond donors (Lipinski definition) is 2. The molecule has 2 aromatic carbocycles. The lowest BCUT2D eigenvalue weighted by atomic mass is 10.0. The van der Waals surface area contributed by atoms with Crippen molar-refractivity contribution in [1.29, 1.82) is 5.26 Å². The molecule has 0 unspecified atom stereocenters. The van der Waals surface area contributed by atoms with E-state index in [1.807, 2.05) is 13.8 Å². The third kappa shape index (κ3) is 5.32. The van der Waals surface area contributed by atoms with Crippen LogP contribution in [0.3, 0.4) is 0 Å². The fraction of sp³-hybridized carbons (Fsp3) is 0.286. The quantitative estimate of drug-likeness (QED) is 0.788. The number of carbonyl (C=O) groups excluding carboxylic acids is 2. The lowest BCUT2D eigenvalue weighted by molar-refractivity contribution is -0.118. The number of nitrogens with zero attached hydrogens (tertiary/aromatic N) is 1. The van der Waals surface area contributed by atoms with Gasteiger partial charge in [-0.1, -0.05) is 38.1 Å². The SMILES string of the molecule is COc1ccccc1C(=O)N[C@H](C(=O)Nc1ccc(CC#N)cc1)C(C)C. The molecule has 2 rings (SSSR count). The third-order valence-electron chi connectivity index (χ3n) is 4.09. The number of nitriles is 1. The minimum Gasteiger partial charge on any atom is -0.496 e. The average molecular weight is 365 g/mol. The summed E-state index contributed by atoms with van der Waals surface area (Å²) in [4.78, 5) is 25.3. The van der Waals surface area contributed by atoms with Crippen molar-refractivity contribution in [2.24, 2.45) is 5.92 Å². The Morgan fingerprint density at radius 3 is 2.37 bits per heavy atom.